The Bertz CT molecular complexity index is 932. The van der Waals surface area contributed by atoms with Crippen LogP contribution in [0.3, 0.4) is 0 Å². The first-order valence-corrected chi connectivity index (χ1v) is 8.32. The normalized spacial score (nSPS) is 22.3. The molecule has 0 saturated heterocycles. The molecule has 2 heterocycles. The van der Waals surface area contributed by atoms with E-state index < -0.39 is 5.54 Å². The van der Waals surface area contributed by atoms with Crippen LogP contribution in [0.5, 0.6) is 0 Å². The molecular formula is C21H21FN2. The first-order valence-electron chi connectivity index (χ1n) is 8.32. The largest absolute Gasteiger partial charge is 0.299 e. The third kappa shape index (κ3) is 2.31. The van der Waals surface area contributed by atoms with Gasteiger partial charge in [0.1, 0.15) is 5.82 Å². The van der Waals surface area contributed by atoms with Crippen molar-refractivity contribution in [1.29, 1.82) is 0 Å². The highest BCUT2D eigenvalue weighted by Crippen LogP contribution is 2.40. The summed E-state index contributed by atoms with van der Waals surface area (Å²) in [7, 11) is 0. The second kappa shape index (κ2) is 5.12. The Morgan fingerprint density at radius 1 is 1.04 bits per heavy atom. The SMILES string of the molecule is CC1(C)Cc2c(F)cccc2C(C)(c2cnc3ccccc3c2)N1. The number of halogens is 1. The lowest BCUT2D eigenvalue weighted by atomic mass is 9.73. The number of rotatable bonds is 1. The topological polar surface area (TPSA) is 24.9 Å². The molecule has 1 N–H and O–H groups in total. The molecule has 2 nitrogen and oxygen atoms in total. The van der Waals surface area contributed by atoms with Crippen LogP contribution in [-0.4, -0.2) is 10.5 Å². The Balaban J connectivity index is 1.96. The Hall–Kier alpha value is -2.26. The van der Waals surface area contributed by atoms with Gasteiger partial charge in [-0.1, -0.05) is 30.3 Å². The molecule has 3 heteroatoms. The van der Waals surface area contributed by atoms with Crippen molar-refractivity contribution < 1.29 is 4.39 Å². The zero-order valence-electron chi connectivity index (χ0n) is 14.2. The smallest absolute Gasteiger partial charge is 0.126 e. The summed E-state index contributed by atoms with van der Waals surface area (Å²) < 4.78 is 14.5. The van der Waals surface area contributed by atoms with E-state index in [1.807, 2.05) is 30.5 Å². The van der Waals surface area contributed by atoms with E-state index in [9.17, 15) is 4.39 Å². The van der Waals surface area contributed by atoms with Crippen LogP contribution < -0.4 is 5.32 Å². The molecule has 0 fully saturated rings. The summed E-state index contributed by atoms with van der Waals surface area (Å²) in [6, 6.07) is 15.6. The van der Waals surface area contributed by atoms with Gasteiger partial charge < -0.3 is 0 Å². The first-order chi connectivity index (χ1) is 11.4. The molecule has 1 atom stereocenters. The highest BCUT2D eigenvalue weighted by atomic mass is 19.1. The van der Waals surface area contributed by atoms with Crippen molar-refractivity contribution in [2.75, 3.05) is 0 Å². The number of benzene rings is 2. The fraction of sp³-hybridized carbons (Fsp3) is 0.286. The standard InChI is InChI=1S/C21H21FN2/c1-20(2)12-16-17(8-6-9-18(16)22)21(3,24-20)15-11-14-7-4-5-10-19(14)23-13-15/h4-11,13,24H,12H2,1-3H3. The minimum absolute atomic E-state index is 0.123. The average Bonchev–Trinajstić information content (AvgIpc) is 2.55. The molecule has 0 spiro atoms. The van der Waals surface area contributed by atoms with E-state index in [4.69, 9.17) is 0 Å². The number of hydrogen-bond acceptors (Lipinski definition) is 2. The molecule has 4 rings (SSSR count). The van der Waals surface area contributed by atoms with Crippen molar-refractivity contribution in [1.82, 2.24) is 10.3 Å². The lowest BCUT2D eigenvalue weighted by Crippen LogP contribution is -2.57. The summed E-state index contributed by atoms with van der Waals surface area (Å²) in [5.41, 5.74) is 3.15. The second-order valence-corrected chi connectivity index (χ2v) is 7.49. The van der Waals surface area contributed by atoms with Gasteiger partial charge in [-0.3, -0.25) is 10.3 Å². The van der Waals surface area contributed by atoms with Gasteiger partial charge in [0.2, 0.25) is 0 Å². The monoisotopic (exact) mass is 320 g/mol. The number of para-hydroxylation sites is 1. The van der Waals surface area contributed by atoms with Crippen LogP contribution in [0.1, 0.15) is 37.5 Å². The number of nitrogens with one attached hydrogen (secondary N) is 1. The fourth-order valence-corrected chi connectivity index (χ4v) is 4.01. The maximum absolute atomic E-state index is 14.5. The molecule has 1 unspecified atom stereocenters. The number of fused-ring (bicyclic) bond motifs is 2. The van der Waals surface area contributed by atoms with Crippen LogP contribution in [0.25, 0.3) is 10.9 Å². The van der Waals surface area contributed by atoms with E-state index in [2.05, 4.69) is 43.2 Å². The van der Waals surface area contributed by atoms with Crippen LogP contribution in [0.15, 0.2) is 54.7 Å². The van der Waals surface area contributed by atoms with Gasteiger partial charge in [0.25, 0.3) is 0 Å². The quantitative estimate of drug-likeness (QED) is 0.711. The van der Waals surface area contributed by atoms with Crippen molar-refractivity contribution >= 4 is 10.9 Å². The molecule has 1 aliphatic heterocycles. The number of hydrogen-bond donors (Lipinski definition) is 1. The summed E-state index contributed by atoms with van der Waals surface area (Å²) in [4.78, 5) is 4.61. The van der Waals surface area contributed by atoms with E-state index in [0.717, 1.165) is 27.6 Å². The van der Waals surface area contributed by atoms with E-state index in [1.165, 1.54) is 0 Å². The van der Waals surface area contributed by atoms with Gasteiger partial charge in [0, 0.05) is 17.1 Å². The van der Waals surface area contributed by atoms with E-state index >= 15 is 0 Å². The zero-order valence-corrected chi connectivity index (χ0v) is 14.2. The summed E-state index contributed by atoms with van der Waals surface area (Å²) in [5, 5.41) is 4.82. The van der Waals surface area contributed by atoms with E-state index in [-0.39, 0.29) is 11.4 Å². The molecule has 0 aliphatic carbocycles. The summed E-state index contributed by atoms with van der Waals surface area (Å²) in [5.74, 6) is -0.123. The molecule has 0 saturated carbocycles. The molecule has 24 heavy (non-hydrogen) atoms. The highest BCUT2D eigenvalue weighted by molar-refractivity contribution is 5.79. The molecule has 1 aromatic heterocycles. The Morgan fingerprint density at radius 2 is 1.83 bits per heavy atom. The molecule has 3 aromatic rings. The van der Waals surface area contributed by atoms with Gasteiger partial charge in [0.15, 0.2) is 0 Å². The van der Waals surface area contributed by atoms with Gasteiger partial charge in [0.05, 0.1) is 11.1 Å². The number of aromatic nitrogens is 1. The van der Waals surface area contributed by atoms with Crippen LogP contribution in [0.2, 0.25) is 0 Å². The molecule has 0 amide bonds. The van der Waals surface area contributed by atoms with Crippen molar-refractivity contribution in [3.63, 3.8) is 0 Å². The second-order valence-electron chi connectivity index (χ2n) is 7.49. The summed E-state index contributed by atoms with van der Waals surface area (Å²) in [6.07, 6.45) is 2.58. The van der Waals surface area contributed by atoms with E-state index in [0.29, 0.717) is 6.42 Å². The maximum Gasteiger partial charge on any atom is 0.126 e. The molecule has 2 aromatic carbocycles. The Labute approximate surface area is 141 Å². The maximum atomic E-state index is 14.5. The van der Waals surface area contributed by atoms with Crippen LogP contribution in [0, 0.1) is 5.82 Å². The first kappa shape index (κ1) is 15.3. The summed E-state index contributed by atoms with van der Waals surface area (Å²) >= 11 is 0. The van der Waals surface area contributed by atoms with Crippen molar-refractivity contribution in [3.05, 3.63) is 77.2 Å². The predicted octanol–water partition coefficient (Wildman–Crippen LogP) is 4.56. The third-order valence-corrected chi connectivity index (χ3v) is 5.03. The molecule has 122 valence electrons. The number of nitrogens with zero attached hydrogens (tertiary/aromatic N) is 1. The Morgan fingerprint density at radius 3 is 2.67 bits per heavy atom. The van der Waals surface area contributed by atoms with Crippen molar-refractivity contribution in [2.45, 2.75) is 38.3 Å². The van der Waals surface area contributed by atoms with Crippen LogP contribution in [-0.2, 0) is 12.0 Å². The highest BCUT2D eigenvalue weighted by Gasteiger charge is 2.42. The minimum Gasteiger partial charge on any atom is -0.299 e. The third-order valence-electron chi connectivity index (χ3n) is 5.03. The molecule has 1 aliphatic rings. The van der Waals surface area contributed by atoms with Crippen LogP contribution >= 0.6 is 0 Å². The number of pyridine rings is 1. The predicted molar refractivity (Wildman–Crippen MR) is 95.5 cm³/mol. The molecular weight excluding hydrogens is 299 g/mol. The lowest BCUT2D eigenvalue weighted by Gasteiger charge is -2.46. The lowest BCUT2D eigenvalue weighted by molar-refractivity contribution is 0.255. The zero-order chi connectivity index (χ0) is 16.9. The Kier molecular flexibility index (Phi) is 3.26. The van der Waals surface area contributed by atoms with Gasteiger partial charge in [-0.25, -0.2) is 4.39 Å². The van der Waals surface area contributed by atoms with Crippen molar-refractivity contribution in [3.8, 4) is 0 Å². The molecule has 0 radical (unpaired) electrons. The van der Waals surface area contributed by atoms with Gasteiger partial charge in [-0.2, -0.15) is 0 Å². The average molecular weight is 320 g/mol. The van der Waals surface area contributed by atoms with E-state index in [1.54, 1.807) is 12.1 Å². The van der Waals surface area contributed by atoms with Gasteiger partial charge in [-0.15, -0.1) is 0 Å². The van der Waals surface area contributed by atoms with Crippen LogP contribution in [0.4, 0.5) is 4.39 Å². The minimum atomic E-state index is -0.476. The fourth-order valence-electron chi connectivity index (χ4n) is 4.01. The summed E-state index contributed by atoms with van der Waals surface area (Å²) in [6.45, 7) is 6.36. The van der Waals surface area contributed by atoms with Gasteiger partial charge >= 0.3 is 0 Å². The van der Waals surface area contributed by atoms with Crippen molar-refractivity contribution in [2.24, 2.45) is 0 Å². The molecule has 0 bridgehead atoms. The van der Waals surface area contributed by atoms with Gasteiger partial charge in [-0.05, 0) is 62.1 Å².